The highest BCUT2D eigenvalue weighted by Crippen LogP contribution is 2.21. The zero-order valence-corrected chi connectivity index (χ0v) is 10.1. The summed E-state index contributed by atoms with van der Waals surface area (Å²) in [7, 11) is 0. The van der Waals surface area contributed by atoms with Crippen LogP contribution in [0.25, 0.3) is 0 Å². The van der Waals surface area contributed by atoms with E-state index in [4.69, 9.17) is 0 Å². The molecule has 0 bridgehead atoms. The fourth-order valence-electron chi connectivity index (χ4n) is 2.12. The Balaban J connectivity index is 2.31. The van der Waals surface area contributed by atoms with Gasteiger partial charge in [-0.25, -0.2) is 0 Å². The van der Waals surface area contributed by atoms with Gasteiger partial charge in [-0.2, -0.15) is 0 Å². The number of rotatable bonds is 2. The van der Waals surface area contributed by atoms with E-state index < -0.39 is 0 Å². The molecule has 0 aromatic heterocycles. The predicted octanol–water partition coefficient (Wildman–Crippen LogP) is 3.31. The first-order valence-corrected chi connectivity index (χ1v) is 5.62. The first kappa shape index (κ1) is 11.5. The van der Waals surface area contributed by atoms with Gasteiger partial charge in [0.1, 0.15) is 11.5 Å². The van der Waals surface area contributed by atoms with Gasteiger partial charge in [0, 0.05) is 0 Å². The fraction of sp³-hybridized carbons (Fsp3) is 0.200. The maximum absolute atomic E-state index is 9.53. The lowest BCUT2D eigenvalue weighted by atomic mass is 10.0. The SMILES string of the molecule is Cc1cc(O)cc(Cc2cc(C)cc(O)c2)c1. The van der Waals surface area contributed by atoms with Gasteiger partial charge in [-0.05, 0) is 66.8 Å². The lowest BCUT2D eigenvalue weighted by molar-refractivity contribution is 0.474. The highest BCUT2D eigenvalue weighted by Gasteiger charge is 2.02. The standard InChI is InChI=1S/C15H16O2/c1-10-3-12(8-14(16)5-10)7-13-4-11(2)6-15(17)9-13/h3-6,8-9,16-17H,7H2,1-2H3. The Bertz CT molecular complexity index is 455. The van der Waals surface area contributed by atoms with Gasteiger partial charge in [0.25, 0.3) is 0 Å². The third-order valence-electron chi connectivity index (χ3n) is 2.65. The van der Waals surface area contributed by atoms with Crippen molar-refractivity contribution in [1.29, 1.82) is 0 Å². The summed E-state index contributed by atoms with van der Waals surface area (Å²) in [5, 5.41) is 19.1. The first-order valence-electron chi connectivity index (χ1n) is 5.62. The quantitative estimate of drug-likeness (QED) is 0.828. The Hall–Kier alpha value is -1.96. The van der Waals surface area contributed by atoms with E-state index in [2.05, 4.69) is 0 Å². The molecule has 0 saturated heterocycles. The van der Waals surface area contributed by atoms with E-state index in [-0.39, 0.29) is 11.5 Å². The monoisotopic (exact) mass is 228 g/mol. The summed E-state index contributed by atoms with van der Waals surface area (Å²) in [6.45, 7) is 3.91. The smallest absolute Gasteiger partial charge is 0.116 e. The van der Waals surface area contributed by atoms with Crippen LogP contribution in [0.15, 0.2) is 36.4 Å². The van der Waals surface area contributed by atoms with Crippen molar-refractivity contribution >= 4 is 0 Å². The minimum Gasteiger partial charge on any atom is -0.508 e. The molecule has 2 N–H and O–H groups in total. The molecule has 0 heterocycles. The second-order valence-corrected chi connectivity index (χ2v) is 4.53. The van der Waals surface area contributed by atoms with Gasteiger partial charge < -0.3 is 10.2 Å². The van der Waals surface area contributed by atoms with Crippen LogP contribution in [0.5, 0.6) is 11.5 Å². The molecule has 0 radical (unpaired) electrons. The molecule has 0 amide bonds. The van der Waals surface area contributed by atoms with Crippen LogP contribution in [0, 0.1) is 13.8 Å². The molecule has 0 aliphatic carbocycles. The van der Waals surface area contributed by atoms with E-state index in [1.165, 1.54) is 0 Å². The zero-order chi connectivity index (χ0) is 12.4. The Morgan fingerprint density at radius 3 is 1.47 bits per heavy atom. The predicted molar refractivity (Wildman–Crippen MR) is 68.5 cm³/mol. The van der Waals surface area contributed by atoms with Crippen LogP contribution < -0.4 is 0 Å². The Labute approximate surface area is 101 Å². The van der Waals surface area contributed by atoms with Gasteiger partial charge in [-0.1, -0.05) is 12.1 Å². The zero-order valence-electron chi connectivity index (χ0n) is 10.1. The fourth-order valence-corrected chi connectivity index (χ4v) is 2.12. The molecule has 0 atom stereocenters. The number of aryl methyl sites for hydroxylation is 2. The van der Waals surface area contributed by atoms with Crippen LogP contribution in [0.2, 0.25) is 0 Å². The van der Waals surface area contributed by atoms with Crippen LogP contribution >= 0.6 is 0 Å². The molecule has 0 saturated carbocycles. The number of aromatic hydroxyl groups is 2. The van der Waals surface area contributed by atoms with Gasteiger partial charge in [0.15, 0.2) is 0 Å². The molecule has 0 spiro atoms. The largest absolute Gasteiger partial charge is 0.508 e. The highest BCUT2D eigenvalue weighted by molar-refractivity contribution is 5.39. The molecular weight excluding hydrogens is 212 g/mol. The average molecular weight is 228 g/mol. The van der Waals surface area contributed by atoms with E-state index in [0.717, 1.165) is 22.3 Å². The summed E-state index contributed by atoms with van der Waals surface area (Å²) in [4.78, 5) is 0. The number of hydrogen-bond donors (Lipinski definition) is 2. The number of benzene rings is 2. The Morgan fingerprint density at radius 2 is 1.12 bits per heavy atom. The maximum atomic E-state index is 9.53. The van der Waals surface area contributed by atoms with Crippen molar-refractivity contribution in [3.8, 4) is 11.5 Å². The van der Waals surface area contributed by atoms with Crippen LogP contribution in [-0.2, 0) is 6.42 Å². The minimum atomic E-state index is 0.289. The van der Waals surface area contributed by atoms with E-state index in [1.807, 2.05) is 26.0 Å². The average Bonchev–Trinajstić information content (AvgIpc) is 2.13. The number of hydrogen-bond acceptors (Lipinski definition) is 2. The molecule has 2 aromatic carbocycles. The number of phenols is 2. The molecule has 2 nitrogen and oxygen atoms in total. The van der Waals surface area contributed by atoms with Crippen LogP contribution in [0.1, 0.15) is 22.3 Å². The minimum absolute atomic E-state index is 0.289. The van der Waals surface area contributed by atoms with Crippen molar-refractivity contribution in [3.63, 3.8) is 0 Å². The molecule has 88 valence electrons. The van der Waals surface area contributed by atoms with Crippen molar-refractivity contribution in [3.05, 3.63) is 58.7 Å². The van der Waals surface area contributed by atoms with E-state index in [9.17, 15) is 10.2 Å². The lowest BCUT2D eigenvalue weighted by Gasteiger charge is -2.06. The molecule has 0 aliphatic heterocycles. The molecule has 0 unspecified atom stereocenters. The maximum Gasteiger partial charge on any atom is 0.116 e. The van der Waals surface area contributed by atoms with Crippen molar-refractivity contribution in [2.75, 3.05) is 0 Å². The second-order valence-electron chi connectivity index (χ2n) is 4.53. The normalized spacial score (nSPS) is 10.5. The molecule has 17 heavy (non-hydrogen) atoms. The van der Waals surface area contributed by atoms with Crippen molar-refractivity contribution < 1.29 is 10.2 Å². The van der Waals surface area contributed by atoms with Crippen molar-refractivity contribution in [1.82, 2.24) is 0 Å². The van der Waals surface area contributed by atoms with Crippen LogP contribution in [0.3, 0.4) is 0 Å². The molecule has 2 aromatic rings. The summed E-state index contributed by atoms with van der Waals surface area (Å²) in [6.07, 6.45) is 0.713. The lowest BCUT2D eigenvalue weighted by Crippen LogP contribution is -1.90. The second kappa shape index (κ2) is 4.50. The summed E-state index contributed by atoms with van der Waals surface area (Å²) in [6, 6.07) is 11.1. The van der Waals surface area contributed by atoms with Gasteiger partial charge in [0.2, 0.25) is 0 Å². The molecular formula is C15H16O2. The van der Waals surface area contributed by atoms with E-state index in [1.54, 1.807) is 24.3 Å². The van der Waals surface area contributed by atoms with Gasteiger partial charge in [-0.3, -0.25) is 0 Å². The molecule has 2 rings (SSSR count). The summed E-state index contributed by atoms with van der Waals surface area (Å²) >= 11 is 0. The summed E-state index contributed by atoms with van der Waals surface area (Å²) < 4.78 is 0. The van der Waals surface area contributed by atoms with Gasteiger partial charge in [0.05, 0.1) is 0 Å². The van der Waals surface area contributed by atoms with Crippen LogP contribution in [0.4, 0.5) is 0 Å². The van der Waals surface area contributed by atoms with Gasteiger partial charge >= 0.3 is 0 Å². The molecule has 2 heteroatoms. The third kappa shape index (κ3) is 3.00. The Morgan fingerprint density at radius 1 is 0.706 bits per heavy atom. The molecule has 0 fully saturated rings. The van der Waals surface area contributed by atoms with Crippen molar-refractivity contribution in [2.24, 2.45) is 0 Å². The number of phenolic OH excluding ortho intramolecular Hbond substituents is 2. The highest BCUT2D eigenvalue weighted by atomic mass is 16.3. The van der Waals surface area contributed by atoms with E-state index >= 15 is 0 Å². The first-order chi connectivity index (χ1) is 8.02. The summed E-state index contributed by atoms with van der Waals surface area (Å²) in [5.74, 6) is 0.578. The van der Waals surface area contributed by atoms with Gasteiger partial charge in [-0.15, -0.1) is 0 Å². The van der Waals surface area contributed by atoms with E-state index in [0.29, 0.717) is 6.42 Å². The third-order valence-corrected chi connectivity index (χ3v) is 2.65. The Kier molecular flexibility index (Phi) is 3.05. The van der Waals surface area contributed by atoms with Crippen LogP contribution in [-0.4, -0.2) is 10.2 Å². The molecule has 0 aliphatic rings. The topological polar surface area (TPSA) is 40.5 Å². The summed E-state index contributed by atoms with van der Waals surface area (Å²) in [5.41, 5.74) is 4.17. The van der Waals surface area contributed by atoms with Crippen molar-refractivity contribution in [2.45, 2.75) is 20.3 Å².